The Hall–Kier alpha value is -2.88. The molecule has 7 heteroatoms. The van der Waals surface area contributed by atoms with E-state index in [0.29, 0.717) is 29.8 Å². The largest absolute Gasteiger partial charge is 0.369 e. The van der Waals surface area contributed by atoms with Crippen LogP contribution in [0, 0.1) is 18.3 Å². The van der Waals surface area contributed by atoms with Crippen LogP contribution in [-0.2, 0) is 6.54 Å². The summed E-state index contributed by atoms with van der Waals surface area (Å²) in [4.78, 5) is 8.37. The van der Waals surface area contributed by atoms with E-state index in [9.17, 15) is 0 Å². The first-order valence-corrected chi connectivity index (χ1v) is 5.62. The van der Waals surface area contributed by atoms with Crippen LogP contribution in [0.2, 0.25) is 0 Å². The molecule has 3 rings (SSSR count). The predicted octanol–water partition coefficient (Wildman–Crippen LogP) is 1.23. The van der Waals surface area contributed by atoms with Gasteiger partial charge >= 0.3 is 0 Å². The van der Waals surface area contributed by atoms with Crippen LogP contribution in [0.5, 0.6) is 0 Å². The Bertz CT molecular complexity index is 794. The highest BCUT2D eigenvalue weighted by Crippen LogP contribution is 2.20. The van der Waals surface area contributed by atoms with Crippen LogP contribution < -0.4 is 5.73 Å². The van der Waals surface area contributed by atoms with Gasteiger partial charge in [-0.2, -0.15) is 10.2 Å². The van der Waals surface area contributed by atoms with Crippen molar-refractivity contribution in [2.75, 3.05) is 5.73 Å². The molecule has 19 heavy (non-hydrogen) atoms. The van der Waals surface area contributed by atoms with Crippen molar-refractivity contribution in [2.24, 2.45) is 0 Å². The van der Waals surface area contributed by atoms with Gasteiger partial charge in [0.25, 0.3) is 0 Å². The molecular formula is C12H10N6O. The first kappa shape index (κ1) is 11.2. The molecule has 0 saturated heterocycles. The van der Waals surface area contributed by atoms with Crippen LogP contribution in [0.15, 0.2) is 22.7 Å². The highest BCUT2D eigenvalue weighted by Gasteiger charge is 2.12. The van der Waals surface area contributed by atoms with Crippen molar-refractivity contribution < 1.29 is 4.52 Å². The Kier molecular flexibility index (Phi) is 2.42. The quantitative estimate of drug-likeness (QED) is 0.737. The number of imidazole rings is 1. The van der Waals surface area contributed by atoms with E-state index in [1.807, 2.05) is 0 Å². The number of nitrogen functional groups attached to an aromatic ring is 1. The van der Waals surface area contributed by atoms with E-state index < -0.39 is 0 Å². The normalized spacial score (nSPS) is 10.7. The molecule has 0 aliphatic heterocycles. The molecule has 1 aromatic carbocycles. The maximum atomic E-state index is 8.94. The zero-order valence-corrected chi connectivity index (χ0v) is 10.2. The first-order valence-electron chi connectivity index (χ1n) is 5.62. The van der Waals surface area contributed by atoms with Crippen molar-refractivity contribution in [3.63, 3.8) is 0 Å². The summed E-state index contributed by atoms with van der Waals surface area (Å²) in [5.74, 6) is 1.37. The number of benzene rings is 1. The third kappa shape index (κ3) is 1.89. The zero-order valence-electron chi connectivity index (χ0n) is 10.2. The predicted molar refractivity (Wildman–Crippen MR) is 67.0 cm³/mol. The van der Waals surface area contributed by atoms with Gasteiger partial charge in [0.05, 0.1) is 29.2 Å². The molecule has 0 saturated carbocycles. The van der Waals surface area contributed by atoms with E-state index in [1.165, 1.54) is 0 Å². The maximum absolute atomic E-state index is 8.94. The fraction of sp³-hybridized carbons (Fsp3) is 0.167. The van der Waals surface area contributed by atoms with Gasteiger partial charge < -0.3 is 14.8 Å². The Balaban J connectivity index is 2.11. The molecule has 0 bridgehead atoms. The van der Waals surface area contributed by atoms with Crippen molar-refractivity contribution in [1.82, 2.24) is 19.7 Å². The number of hydrogen-bond donors (Lipinski definition) is 1. The standard InChI is InChI=1S/C12H10N6O/c1-7-15-11(17-19-7)6-18-10-4-8(5-13)2-3-9(10)16-12(18)14/h2-4H,6H2,1H3,(H2,14,16). The fourth-order valence-corrected chi connectivity index (χ4v) is 1.92. The van der Waals surface area contributed by atoms with Gasteiger partial charge in [-0.3, -0.25) is 0 Å². The van der Waals surface area contributed by atoms with Gasteiger partial charge in [-0.15, -0.1) is 0 Å². The van der Waals surface area contributed by atoms with Crippen molar-refractivity contribution in [1.29, 1.82) is 5.26 Å². The third-order valence-electron chi connectivity index (χ3n) is 2.78. The van der Waals surface area contributed by atoms with Gasteiger partial charge in [0.1, 0.15) is 0 Å². The van der Waals surface area contributed by atoms with E-state index in [4.69, 9.17) is 15.5 Å². The summed E-state index contributed by atoms with van der Waals surface area (Å²) in [5.41, 5.74) is 7.95. The number of nitrogens with two attached hydrogens (primary N) is 1. The summed E-state index contributed by atoms with van der Waals surface area (Å²) >= 11 is 0. The molecule has 3 aromatic rings. The van der Waals surface area contributed by atoms with Crippen LogP contribution in [0.4, 0.5) is 5.95 Å². The van der Waals surface area contributed by atoms with E-state index in [0.717, 1.165) is 11.0 Å². The second-order valence-electron chi connectivity index (χ2n) is 4.10. The molecule has 0 fully saturated rings. The highest BCUT2D eigenvalue weighted by atomic mass is 16.5. The van der Waals surface area contributed by atoms with Gasteiger partial charge in [0, 0.05) is 6.92 Å². The molecule has 0 atom stereocenters. The molecule has 7 nitrogen and oxygen atoms in total. The summed E-state index contributed by atoms with van der Waals surface area (Å²) in [6.45, 7) is 2.08. The monoisotopic (exact) mass is 254 g/mol. The van der Waals surface area contributed by atoms with E-state index >= 15 is 0 Å². The van der Waals surface area contributed by atoms with Crippen LogP contribution in [0.3, 0.4) is 0 Å². The Labute approximate surface area is 108 Å². The minimum absolute atomic E-state index is 0.354. The zero-order chi connectivity index (χ0) is 13.4. The first-order chi connectivity index (χ1) is 9.17. The molecule has 0 spiro atoms. The molecule has 0 amide bonds. The average Bonchev–Trinajstić information content (AvgIpc) is 2.94. The second kappa shape index (κ2) is 4.10. The molecule has 2 heterocycles. The van der Waals surface area contributed by atoms with Crippen molar-refractivity contribution in [2.45, 2.75) is 13.5 Å². The summed E-state index contributed by atoms with van der Waals surface area (Å²) in [6.07, 6.45) is 0. The van der Waals surface area contributed by atoms with E-state index in [1.54, 1.807) is 29.7 Å². The molecule has 94 valence electrons. The molecule has 2 aromatic heterocycles. The molecule has 0 radical (unpaired) electrons. The minimum atomic E-state index is 0.354. The van der Waals surface area contributed by atoms with Crippen molar-refractivity contribution in [3.05, 3.63) is 35.5 Å². The fourth-order valence-electron chi connectivity index (χ4n) is 1.92. The van der Waals surface area contributed by atoms with Crippen molar-refractivity contribution >= 4 is 17.0 Å². The topological polar surface area (TPSA) is 107 Å². The number of aromatic nitrogens is 4. The lowest BCUT2D eigenvalue weighted by Crippen LogP contribution is -2.05. The van der Waals surface area contributed by atoms with Crippen LogP contribution in [0.25, 0.3) is 11.0 Å². The number of anilines is 1. The molecule has 0 aliphatic rings. The molecule has 2 N–H and O–H groups in total. The molecular weight excluding hydrogens is 244 g/mol. The van der Waals surface area contributed by atoms with E-state index in [-0.39, 0.29) is 0 Å². The lowest BCUT2D eigenvalue weighted by molar-refractivity contribution is 0.386. The SMILES string of the molecule is Cc1nc(Cn2c(N)nc3ccc(C#N)cc32)no1. The highest BCUT2D eigenvalue weighted by molar-refractivity contribution is 5.79. The van der Waals surface area contributed by atoms with Crippen LogP contribution in [0.1, 0.15) is 17.3 Å². The lowest BCUT2D eigenvalue weighted by Gasteiger charge is -2.02. The number of hydrogen-bond acceptors (Lipinski definition) is 6. The summed E-state index contributed by atoms with van der Waals surface area (Å²) in [7, 11) is 0. The van der Waals surface area contributed by atoms with E-state index in [2.05, 4.69) is 21.2 Å². The Morgan fingerprint density at radius 2 is 2.26 bits per heavy atom. The minimum Gasteiger partial charge on any atom is -0.369 e. The van der Waals surface area contributed by atoms with Crippen LogP contribution in [-0.4, -0.2) is 19.7 Å². The average molecular weight is 254 g/mol. The lowest BCUT2D eigenvalue weighted by atomic mass is 10.2. The number of nitrogens with zero attached hydrogens (tertiary/aromatic N) is 5. The third-order valence-corrected chi connectivity index (χ3v) is 2.78. The molecule has 0 unspecified atom stereocenters. The Morgan fingerprint density at radius 1 is 1.42 bits per heavy atom. The second-order valence-corrected chi connectivity index (χ2v) is 4.10. The summed E-state index contributed by atoms with van der Waals surface area (Å²) in [6, 6.07) is 7.31. The van der Waals surface area contributed by atoms with Gasteiger partial charge in [-0.1, -0.05) is 5.16 Å². The van der Waals surface area contributed by atoms with Gasteiger partial charge in [0.15, 0.2) is 5.82 Å². The van der Waals surface area contributed by atoms with Gasteiger partial charge in [-0.05, 0) is 18.2 Å². The number of fused-ring (bicyclic) bond motifs is 1. The van der Waals surface area contributed by atoms with Crippen molar-refractivity contribution in [3.8, 4) is 6.07 Å². The number of aryl methyl sites for hydroxylation is 1. The summed E-state index contributed by atoms with van der Waals surface area (Å²) < 4.78 is 6.67. The van der Waals surface area contributed by atoms with Gasteiger partial charge in [0.2, 0.25) is 11.8 Å². The number of nitriles is 1. The smallest absolute Gasteiger partial charge is 0.223 e. The number of rotatable bonds is 2. The maximum Gasteiger partial charge on any atom is 0.223 e. The Morgan fingerprint density at radius 3 is 2.95 bits per heavy atom. The van der Waals surface area contributed by atoms with Crippen LogP contribution >= 0.6 is 0 Å². The molecule has 0 aliphatic carbocycles. The van der Waals surface area contributed by atoms with Gasteiger partial charge in [-0.25, -0.2) is 4.98 Å². The summed E-state index contributed by atoms with van der Waals surface area (Å²) in [5, 5.41) is 12.8.